The number of rotatable bonds is 9. The van der Waals surface area contributed by atoms with Crippen molar-refractivity contribution in [2.24, 2.45) is 0 Å². The van der Waals surface area contributed by atoms with Crippen LogP contribution in [0.25, 0.3) is 0 Å². The number of carbonyl (C=O) groups is 1. The van der Waals surface area contributed by atoms with E-state index in [9.17, 15) is 9.18 Å². The highest BCUT2D eigenvalue weighted by molar-refractivity contribution is 5.80. The van der Waals surface area contributed by atoms with Crippen LogP contribution in [0.2, 0.25) is 0 Å². The SMILES string of the molecule is CCCCCCCCC(=O)Cc1ccccc1F. The van der Waals surface area contributed by atoms with Gasteiger partial charge in [0.15, 0.2) is 0 Å². The molecule has 0 N–H and O–H groups in total. The normalized spacial score (nSPS) is 10.6. The van der Waals surface area contributed by atoms with E-state index in [4.69, 9.17) is 0 Å². The molecule has 0 spiro atoms. The summed E-state index contributed by atoms with van der Waals surface area (Å²) >= 11 is 0. The van der Waals surface area contributed by atoms with Gasteiger partial charge in [-0.15, -0.1) is 0 Å². The third kappa shape index (κ3) is 5.95. The summed E-state index contributed by atoms with van der Waals surface area (Å²) in [6.45, 7) is 2.19. The Morgan fingerprint density at radius 1 is 1.06 bits per heavy atom. The molecule has 18 heavy (non-hydrogen) atoms. The number of halogens is 1. The van der Waals surface area contributed by atoms with Gasteiger partial charge in [0.25, 0.3) is 0 Å². The minimum absolute atomic E-state index is 0.149. The molecule has 1 rings (SSSR count). The van der Waals surface area contributed by atoms with Crippen molar-refractivity contribution in [2.45, 2.75) is 58.3 Å². The van der Waals surface area contributed by atoms with Crippen LogP contribution >= 0.6 is 0 Å². The molecule has 0 aromatic heterocycles. The lowest BCUT2D eigenvalue weighted by atomic mass is 10.0. The first-order chi connectivity index (χ1) is 8.74. The monoisotopic (exact) mass is 250 g/mol. The molecule has 0 bridgehead atoms. The molecule has 0 aliphatic rings. The highest BCUT2D eigenvalue weighted by atomic mass is 19.1. The highest BCUT2D eigenvalue weighted by Gasteiger charge is 2.07. The lowest BCUT2D eigenvalue weighted by Crippen LogP contribution is -2.04. The van der Waals surface area contributed by atoms with E-state index in [1.165, 1.54) is 31.7 Å². The van der Waals surface area contributed by atoms with Gasteiger partial charge in [0, 0.05) is 12.8 Å². The number of Topliss-reactive ketones (excluding diaryl/α,β-unsaturated/α-hetero) is 1. The summed E-state index contributed by atoms with van der Waals surface area (Å²) in [5.41, 5.74) is 0.522. The number of benzene rings is 1. The van der Waals surface area contributed by atoms with Crippen molar-refractivity contribution >= 4 is 5.78 Å². The van der Waals surface area contributed by atoms with Gasteiger partial charge in [0.2, 0.25) is 0 Å². The summed E-state index contributed by atoms with van der Waals surface area (Å²) in [6, 6.07) is 6.52. The molecule has 0 amide bonds. The van der Waals surface area contributed by atoms with Gasteiger partial charge in [-0.25, -0.2) is 4.39 Å². The van der Waals surface area contributed by atoms with Gasteiger partial charge in [0.05, 0.1) is 0 Å². The fourth-order valence-corrected chi connectivity index (χ4v) is 2.05. The van der Waals surface area contributed by atoms with Crippen LogP contribution in [-0.2, 0) is 11.2 Å². The van der Waals surface area contributed by atoms with Crippen LogP contribution in [0.5, 0.6) is 0 Å². The molecule has 0 fully saturated rings. The van der Waals surface area contributed by atoms with Crippen LogP contribution in [0, 0.1) is 5.82 Å². The number of hydrogen-bond donors (Lipinski definition) is 0. The van der Waals surface area contributed by atoms with Gasteiger partial charge in [0.1, 0.15) is 11.6 Å². The van der Waals surface area contributed by atoms with Gasteiger partial charge in [-0.1, -0.05) is 57.2 Å². The van der Waals surface area contributed by atoms with Crippen LogP contribution in [0.1, 0.15) is 57.4 Å². The fraction of sp³-hybridized carbons (Fsp3) is 0.562. The minimum atomic E-state index is -0.270. The average Bonchev–Trinajstić information content (AvgIpc) is 2.36. The summed E-state index contributed by atoms with van der Waals surface area (Å²) in [7, 11) is 0. The standard InChI is InChI=1S/C16H23FO/c1-2-3-4-5-6-7-11-15(18)13-14-10-8-9-12-16(14)17/h8-10,12H,2-7,11,13H2,1H3. The highest BCUT2D eigenvalue weighted by Crippen LogP contribution is 2.11. The molecular weight excluding hydrogens is 227 g/mol. The zero-order chi connectivity index (χ0) is 13.2. The molecule has 2 heteroatoms. The molecule has 0 unspecified atom stereocenters. The van der Waals surface area contributed by atoms with Crippen molar-refractivity contribution in [3.05, 3.63) is 35.6 Å². The van der Waals surface area contributed by atoms with E-state index in [2.05, 4.69) is 6.92 Å². The van der Waals surface area contributed by atoms with E-state index in [1.807, 2.05) is 0 Å². The number of unbranched alkanes of at least 4 members (excludes halogenated alkanes) is 5. The quantitative estimate of drug-likeness (QED) is 0.581. The molecule has 100 valence electrons. The Bertz CT molecular complexity index is 360. The lowest BCUT2D eigenvalue weighted by Gasteiger charge is -2.03. The Labute approximate surface area is 109 Å². The van der Waals surface area contributed by atoms with E-state index in [0.717, 1.165) is 12.8 Å². The van der Waals surface area contributed by atoms with Crippen molar-refractivity contribution in [1.82, 2.24) is 0 Å². The summed E-state index contributed by atoms with van der Waals surface area (Å²) in [6.07, 6.45) is 7.87. The zero-order valence-electron chi connectivity index (χ0n) is 11.3. The first-order valence-electron chi connectivity index (χ1n) is 6.99. The van der Waals surface area contributed by atoms with Gasteiger partial charge in [-0.3, -0.25) is 4.79 Å². The first-order valence-corrected chi connectivity index (χ1v) is 6.99. The molecule has 1 aromatic rings. The Balaban J connectivity index is 2.16. The molecule has 0 saturated carbocycles. The summed E-state index contributed by atoms with van der Waals surface area (Å²) in [4.78, 5) is 11.7. The van der Waals surface area contributed by atoms with E-state index >= 15 is 0 Å². The molecule has 0 saturated heterocycles. The first kappa shape index (κ1) is 14.9. The Kier molecular flexibility index (Phi) is 7.31. The van der Waals surface area contributed by atoms with Crippen molar-refractivity contribution < 1.29 is 9.18 Å². The third-order valence-corrected chi connectivity index (χ3v) is 3.15. The topological polar surface area (TPSA) is 17.1 Å². The molecule has 0 atom stereocenters. The maximum atomic E-state index is 13.3. The molecule has 1 aromatic carbocycles. The zero-order valence-corrected chi connectivity index (χ0v) is 11.3. The van der Waals surface area contributed by atoms with Crippen molar-refractivity contribution in [3.8, 4) is 0 Å². The van der Waals surface area contributed by atoms with Crippen molar-refractivity contribution in [2.75, 3.05) is 0 Å². The average molecular weight is 250 g/mol. The second-order valence-corrected chi connectivity index (χ2v) is 4.82. The largest absolute Gasteiger partial charge is 0.299 e. The maximum absolute atomic E-state index is 13.3. The van der Waals surface area contributed by atoms with Gasteiger partial charge >= 0.3 is 0 Å². The molecular formula is C16H23FO. The number of ketones is 1. The van der Waals surface area contributed by atoms with E-state index in [1.54, 1.807) is 18.2 Å². The second kappa shape index (κ2) is 8.84. The van der Waals surface area contributed by atoms with Gasteiger partial charge in [-0.05, 0) is 18.1 Å². The third-order valence-electron chi connectivity index (χ3n) is 3.15. The second-order valence-electron chi connectivity index (χ2n) is 4.82. The Hall–Kier alpha value is -1.18. The Morgan fingerprint density at radius 2 is 1.72 bits per heavy atom. The minimum Gasteiger partial charge on any atom is -0.299 e. The summed E-state index contributed by atoms with van der Waals surface area (Å²) in [5, 5.41) is 0. The van der Waals surface area contributed by atoms with Crippen LogP contribution in [0.15, 0.2) is 24.3 Å². The van der Waals surface area contributed by atoms with Crippen LogP contribution in [-0.4, -0.2) is 5.78 Å². The molecule has 0 radical (unpaired) electrons. The van der Waals surface area contributed by atoms with Gasteiger partial charge < -0.3 is 0 Å². The summed E-state index contributed by atoms with van der Waals surface area (Å²) in [5.74, 6) is -0.121. The fourth-order valence-electron chi connectivity index (χ4n) is 2.05. The smallest absolute Gasteiger partial charge is 0.137 e. The summed E-state index contributed by atoms with van der Waals surface area (Å²) < 4.78 is 13.3. The number of carbonyl (C=O) groups excluding carboxylic acids is 1. The van der Waals surface area contributed by atoms with Gasteiger partial charge in [-0.2, -0.15) is 0 Å². The van der Waals surface area contributed by atoms with Crippen LogP contribution in [0.4, 0.5) is 4.39 Å². The van der Waals surface area contributed by atoms with Crippen molar-refractivity contribution in [3.63, 3.8) is 0 Å². The predicted molar refractivity (Wildman–Crippen MR) is 73.1 cm³/mol. The van der Waals surface area contributed by atoms with Crippen LogP contribution < -0.4 is 0 Å². The molecule has 0 aliphatic carbocycles. The van der Waals surface area contributed by atoms with E-state index in [-0.39, 0.29) is 18.0 Å². The molecule has 0 heterocycles. The lowest BCUT2D eigenvalue weighted by molar-refractivity contribution is -0.118. The van der Waals surface area contributed by atoms with Crippen LogP contribution in [0.3, 0.4) is 0 Å². The molecule has 1 nitrogen and oxygen atoms in total. The Morgan fingerprint density at radius 3 is 2.44 bits per heavy atom. The molecule has 0 aliphatic heterocycles. The maximum Gasteiger partial charge on any atom is 0.137 e. The predicted octanol–water partition coefficient (Wildman–Crippen LogP) is 4.69. The number of hydrogen-bond acceptors (Lipinski definition) is 1. The van der Waals surface area contributed by atoms with Crippen molar-refractivity contribution in [1.29, 1.82) is 0 Å². The van der Waals surface area contributed by atoms with E-state index in [0.29, 0.717) is 12.0 Å². The van der Waals surface area contributed by atoms with E-state index < -0.39 is 0 Å².